The van der Waals surface area contributed by atoms with E-state index >= 15 is 0 Å². The first-order chi connectivity index (χ1) is 8.30. The minimum atomic E-state index is -0.451. The SMILES string of the molecule is CCNC(C#N)(COC1CCOCC1)C1CC1. The van der Waals surface area contributed by atoms with E-state index in [1.54, 1.807) is 0 Å². The van der Waals surface area contributed by atoms with Crippen molar-refractivity contribution in [3.8, 4) is 6.07 Å². The van der Waals surface area contributed by atoms with Crippen LogP contribution in [-0.4, -0.2) is 38.0 Å². The van der Waals surface area contributed by atoms with Gasteiger partial charge in [-0.05, 0) is 38.1 Å². The minimum absolute atomic E-state index is 0.272. The van der Waals surface area contributed by atoms with E-state index in [2.05, 4.69) is 11.4 Å². The summed E-state index contributed by atoms with van der Waals surface area (Å²) < 4.78 is 11.2. The van der Waals surface area contributed by atoms with Crippen LogP contribution in [0.2, 0.25) is 0 Å². The summed E-state index contributed by atoms with van der Waals surface area (Å²) in [4.78, 5) is 0. The Morgan fingerprint density at radius 1 is 1.35 bits per heavy atom. The van der Waals surface area contributed by atoms with Crippen LogP contribution < -0.4 is 5.32 Å². The Hall–Kier alpha value is -0.630. The number of hydrogen-bond acceptors (Lipinski definition) is 4. The molecule has 0 radical (unpaired) electrons. The molecule has 0 spiro atoms. The van der Waals surface area contributed by atoms with Gasteiger partial charge in [-0.1, -0.05) is 6.92 Å². The Labute approximate surface area is 103 Å². The first-order valence-electron chi connectivity index (χ1n) is 6.66. The zero-order valence-electron chi connectivity index (χ0n) is 10.6. The smallest absolute Gasteiger partial charge is 0.133 e. The largest absolute Gasteiger partial charge is 0.381 e. The second kappa shape index (κ2) is 5.81. The highest BCUT2D eigenvalue weighted by molar-refractivity contribution is 5.15. The number of hydrogen-bond donors (Lipinski definition) is 1. The molecule has 2 rings (SSSR count). The van der Waals surface area contributed by atoms with Crippen molar-refractivity contribution in [2.45, 2.75) is 44.2 Å². The molecular formula is C13H22N2O2. The van der Waals surface area contributed by atoms with Crippen LogP contribution in [0.4, 0.5) is 0 Å². The van der Waals surface area contributed by atoms with Crippen molar-refractivity contribution in [2.75, 3.05) is 26.4 Å². The van der Waals surface area contributed by atoms with Gasteiger partial charge in [-0.25, -0.2) is 0 Å². The maximum Gasteiger partial charge on any atom is 0.133 e. The molecule has 4 heteroatoms. The summed E-state index contributed by atoms with van der Waals surface area (Å²) in [6.45, 7) is 4.96. The number of ether oxygens (including phenoxy) is 2. The summed E-state index contributed by atoms with van der Waals surface area (Å²) in [6, 6.07) is 2.45. The summed E-state index contributed by atoms with van der Waals surface area (Å²) >= 11 is 0. The van der Waals surface area contributed by atoms with Gasteiger partial charge in [-0.2, -0.15) is 5.26 Å². The van der Waals surface area contributed by atoms with Crippen LogP contribution in [0.3, 0.4) is 0 Å². The molecule has 1 aliphatic carbocycles. The third-order valence-corrected chi connectivity index (χ3v) is 3.68. The van der Waals surface area contributed by atoms with Crippen molar-refractivity contribution in [1.82, 2.24) is 5.32 Å². The summed E-state index contributed by atoms with van der Waals surface area (Å²) in [5.74, 6) is 0.479. The molecule has 1 saturated heterocycles. The molecule has 17 heavy (non-hydrogen) atoms. The lowest BCUT2D eigenvalue weighted by molar-refractivity contribution is -0.0472. The van der Waals surface area contributed by atoms with Crippen LogP contribution in [0, 0.1) is 17.2 Å². The standard InChI is InChI=1S/C13H22N2O2/c1-2-15-13(9-14,11-3-4-11)10-17-12-5-7-16-8-6-12/h11-12,15H,2-8,10H2,1H3. The average molecular weight is 238 g/mol. The number of nitrogens with zero attached hydrogens (tertiary/aromatic N) is 1. The van der Waals surface area contributed by atoms with Crippen molar-refractivity contribution in [2.24, 2.45) is 5.92 Å². The maximum atomic E-state index is 9.43. The Balaban J connectivity index is 1.86. The van der Waals surface area contributed by atoms with E-state index in [0.717, 1.165) is 45.4 Å². The van der Waals surface area contributed by atoms with E-state index in [1.165, 1.54) is 0 Å². The lowest BCUT2D eigenvalue weighted by Gasteiger charge is -2.31. The molecule has 1 heterocycles. The van der Waals surface area contributed by atoms with E-state index in [0.29, 0.717) is 12.5 Å². The topological polar surface area (TPSA) is 54.3 Å². The molecule has 0 bridgehead atoms. The van der Waals surface area contributed by atoms with Gasteiger partial charge in [0, 0.05) is 13.2 Å². The molecule has 1 atom stereocenters. The summed E-state index contributed by atoms with van der Waals surface area (Å²) in [5, 5.41) is 12.8. The molecular weight excluding hydrogens is 216 g/mol. The molecule has 1 aliphatic heterocycles. The van der Waals surface area contributed by atoms with Gasteiger partial charge in [-0.15, -0.1) is 0 Å². The van der Waals surface area contributed by atoms with Gasteiger partial charge >= 0.3 is 0 Å². The number of likely N-dealkylation sites (N-methyl/N-ethyl adjacent to an activating group) is 1. The van der Waals surface area contributed by atoms with Crippen LogP contribution in [0.5, 0.6) is 0 Å². The molecule has 0 amide bonds. The molecule has 0 aromatic carbocycles. The van der Waals surface area contributed by atoms with Crippen molar-refractivity contribution in [1.29, 1.82) is 5.26 Å². The molecule has 0 aromatic rings. The molecule has 4 nitrogen and oxygen atoms in total. The summed E-state index contributed by atoms with van der Waals surface area (Å²) in [7, 11) is 0. The lowest BCUT2D eigenvalue weighted by atomic mass is 9.96. The third-order valence-electron chi connectivity index (χ3n) is 3.68. The van der Waals surface area contributed by atoms with Crippen LogP contribution in [0.25, 0.3) is 0 Å². The Bertz CT molecular complexity index is 280. The molecule has 2 fully saturated rings. The van der Waals surface area contributed by atoms with Crippen LogP contribution >= 0.6 is 0 Å². The molecule has 1 unspecified atom stereocenters. The highest BCUT2D eigenvalue weighted by atomic mass is 16.5. The van der Waals surface area contributed by atoms with Crippen molar-refractivity contribution < 1.29 is 9.47 Å². The van der Waals surface area contributed by atoms with Gasteiger partial charge in [0.15, 0.2) is 0 Å². The van der Waals surface area contributed by atoms with Crippen molar-refractivity contribution in [3.05, 3.63) is 0 Å². The zero-order chi connectivity index (χ0) is 12.1. The first kappa shape index (κ1) is 12.8. The van der Waals surface area contributed by atoms with Gasteiger partial charge in [0.25, 0.3) is 0 Å². The molecule has 1 N–H and O–H groups in total. The predicted octanol–water partition coefficient (Wildman–Crippen LogP) is 1.46. The normalized spacial score (nSPS) is 25.2. The van der Waals surface area contributed by atoms with Gasteiger partial charge in [0.05, 0.1) is 18.8 Å². The number of nitrogens with one attached hydrogen (secondary N) is 1. The molecule has 0 aromatic heterocycles. The van der Waals surface area contributed by atoms with Gasteiger partial charge in [-0.3, -0.25) is 5.32 Å². The monoisotopic (exact) mass is 238 g/mol. The Morgan fingerprint density at radius 3 is 2.59 bits per heavy atom. The number of nitriles is 1. The second-order valence-corrected chi connectivity index (χ2v) is 5.01. The molecule has 2 aliphatic rings. The van der Waals surface area contributed by atoms with Gasteiger partial charge < -0.3 is 9.47 Å². The Kier molecular flexibility index (Phi) is 4.38. The quantitative estimate of drug-likeness (QED) is 0.761. The van der Waals surface area contributed by atoms with E-state index in [-0.39, 0.29) is 6.10 Å². The van der Waals surface area contributed by atoms with Crippen molar-refractivity contribution in [3.63, 3.8) is 0 Å². The van der Waals surface area contributed by atoms with Crippen LogP contribution in [0.1, 0.15) is 32.6 Å². The molecule has 96 valence electrons. The highest BCUT2D eigenvalue weighted by Gasteiger charge is 2.45. The predicted molar refractivity (Wildman–Crippen MR) is 64.5 cm³/mol. The van der Waals surface area contributed by atoms with Gasteiger partial charge in [0.1, 0.15) is 5.54 Å². The van der Waals surface area contributed by atoms with Crippen molar-refractivity contribution >= 4 is 0 Å². The fraction of sp³-hybridized carbons (Fsp3) is 0.923. The second-order valence-electron chi connectivity index (χ2n) is 5.01. The van der Waals surface area contributed by atoms with E-state index < -0.39 is 5.54 Å². The highest BCUT2D eigenvalue weighted by Crippen LogP contribution is 2.40. The lowest BCUT2D eigenvalue weighted by Crippen LogP contribution is -2.51. The van der Waals surface area contributed by atoms with Gasteiger partial charge in [0.2, 0.25) is 0 Å². The van der Waals surface area contributed by atoms with E-state index in [4.69, 9.17) is 9.47 Å². The van der Waals surface area contributed by atoms with E-state index in [1.807, 2.05) is 6.92 Å². The summed E-state index contributed by atoms with van der Waals surface area (Å²) in [6.07, 6.45) is 4.49. The first-order valence-corrected chi connectivity index (χ1v) is 6.66. The van der Waals surface area contributed by atoms with E-state index in [9.17, 15) is 5.26 Å². The minimum Gasteiger partial charge on any atom is -0.381 e. The van der Waals surface area contributed by atoms with Crippen LogP contribution in [-0.2, 0) is 9.47 Å². The fourth-order valence-electron chi connectivity index (χ4n) is 2.46. The fourth-order valence-corrected chi connectivity index (χ4v) is 2.46. The average Bonchev–Trinajstić information content (AvgIpc) is 3.20. The third kappa shape index (κ3) is 3.19. The summed E-state index contributed by atoms with van der Waals surface area (Å²) in [5.41, 5.74) is -0.451. The maximum absolute atomic E-state index is 9.43. The molecule has 1 saturated carbocycles. The Morgan fingerprint density at radius 2 is 2.06 bits per heavy atom. The number of rotatable bonds is 6. The van der Waals surface area contributed by atoms with Crippen LogP contribution in [0.15, 0.2) is 0 Å². The zero-order valence-corrected chi connectivity index (χ0v) is 10.6.